The molecule has 0 atom stereocenters. The third-order valence-electron chi connectivity index (χ3n) is 2.91. The summed E-state index contributed by atoms with van der Waals surface area (Å²) in [6.07, 6.45) is 1.89. The fourth-order valence-corrected chi connectivity index (χ4v) is 2.53. The molecule has 0 bridgehead atoms. The van der Waals surface area contributed by atoms with Crippen LogP contribution in [0.25, 0.3) is 0 Å². The predicted octanol–water partition coefficient (Wildman–Crippen LogP) is 3.84. The zero-order chi connectivity index (χ0) is 12.4. The van der Waals surface area contributed by atoms with E-state index < -0.39 is 0 Å². The Morgan fingerprint density at radius 1 is 1.00 bits per heavy atom. The number of rotatable bonds is 3. The Morgan fingerprint density at radius 3 is 2.18 bits per heavy atom. The first-order valence-corrected chi connectivity index (χ1v) is 6.36. The number of imidazole rings is 1. The van der Waals surface area contributed by atoms with Gasteiger partial charge >= 0.3 is 0 Å². The van der Waals surface area contributed by atoms with Crippen molar-refractivity contribution in [1.82, 2.24) is 9.97 Å². The number of hydrogen-bond donors (Lipinski definition) is 2. The number of hydrogen-bond acceptors (Lipinski definition) is 1. The monoisotopic (exact) mass is 246 g/mol. The summed E-state index contributed by atoms with van der Waals surface area (Å²) in [5.74, 6) is 0. The molecule has 1 aromatic carbocycles. The Kier molecular flexibility index (Phi) is 3.48. The van der Waals surface area contributed by atoms with E-state index in [0.717, 1.165) is 17.6 Å². The molecule has 90 valence electrons. The quantitative estimate of drug-likeness (QED) is 0.792. The summed E-state index contributed by atoms with van der Waals surface area (Å²) >= 11 is 5.14. The van der Waals surface area contributed by atoms with Gasteiger partial charge in [-0.25, -0.2) is 0 Å². The van der Waals surface area contributed by atoms with Gasteiger partial charge in [0.05, 0.1) is 0 Å². The van der Waals surface area contributed by atoms with Gasteiger partial charge in [-0.15, -0.1) is 0 Å². The molecule has 0 spiro atoms. The van der Waals surface area contributed by atoms with Gasteiger partial charge in [0.2, 0.25) is 0 Å². The van der Waals surface area contributed by atoms with Gasteiger partial charge < -0.3 is 9.97 Å². The molecule has 0 aliphatic heterocycles. The first-order valence-electron chi connectivity index (χ1n) is 5.95. The van der Waals surface area contributed by atoms with E-state index in [-0.39, 0.29) is 0 Å². The maximum atomic E-state index is 5.14. The summed E-state index contributed by atoms with van der Waals surface area (Å²) in [7, 11) is 0. The van der Waals surface area contributed by atoms with Gasteiger partial charge in [-0.05, 0) is 38.0 Å². The predicted molar refractivity (Wildman–Crippen MR) is 74.1 cm³/mol. The molecule has 2 nitrogen and oxygen atoms in total. The minimum Gasteiger partial charge on any atom is -0.334 e. The van der Waals surface area contributed by atoms with Crippen molar-refractivity contribution in [2.75, 3.05) is 0 Å². The van der Waals surface area contributed by atoms with Crippen LogP contribution in [-0.4, -0.2) is 9.97 Å². The van der Waals surface area contributed by atoms with Crippen LogP contribution < -0.4 is 0 Å². The topological polar surface area (TPSA) is 31.6 Å². The molecular weight excluding hydrogens is 228 g/mol. The summed E-state index contributed by atoms with van der Waals surface area (Å²) in [5, 5.41) is 0. The van der Waals surface area contributed by atoms with E-state index in [1.165, 1.54) is 28.1 Å². The number of aryl methyl sites for hydroxylation is 3. The molecule has 2 rings (SSSR count). The van der Waals surface area contributed by atoms with Crippen LogP contribution in [0.1, 0.15) is 35.0 Å². The lowest BCUT2D eigenvalue weighted by atomic mass is 10.0. The summed E-state index contributed by atoms with van der Waals surface area (Å²) in [6, 6.07) is 6.66. The summed E-state index contributed by atoms with van der Waals surface area (Å²) in [6.45, 7) is 6.41. The largest absolute Gasteiger partial charge is 0.334 e. The zero-order valence-electron chi connectivity index (χ0n) is 10.6. The molecule has 0 radical (unpaired) electrons. The highest BCUT2D eigenvalue weighted by molar-refractivity contribution is 7.71. The van der Waals surface area contributed by atoms with Crippen molar-refractivity contribution < 1.29 is 0 Å². The van der Waals surface area contributed by atoms with Gasteiger partial charge in [0.25, 0.3) is 0 Å². The number of benzene rings is 1. The SMILES string of the molecule is CCc1[nH]c(=S)[nH]c1Cc1cc(C)cc(C)c1. The second kappa shape index (κ2) is 4.88. The highest BCUT2D eigenvalue weighted by Crippen LogP contribution is 2.15. The summed E-state index contributed by atoms with van der Waals surface area (Å²) in [5.41, 5.74) is 6.39. The van der Waals surface area contributed by atoms with Crippen LogP contribution in [0.2, 0.25) is 0 Å². The molecule has 1 aromatic heterocycles. The Labute approximate surface area is 107 Å². The highest BCUT2D eigenvalue weighted by atomic mass is 32.1. The van der Waals surface area contributed by atoms with Crippen LogP contribution >= 0.6 is 12.2 Å². The van der Waals surface area contributed by atoms with E-state index in [1.54, 1.807) is 0 Å². The van der Waals surface area contributed by atoms with Crippen LogP contribution in [0, 0.1) is 18.6 Å². The van der Waals surface area contributed by atoms with Gasteiger partial charge in [0, 0.05) is 17.8 Å². The smallest absolute Gasteiger partial charge is 0.174 e. The lowest BCUT2D eigenvalue weighted by Gasteiger charge is -2.05. The lowest BCUT2D eigenvalue weighted by molar-refractivity contribution is 0.997. The van der Waals surface area contributed by atoms with Crippen LogP contribution in [0.15, 0.2) is 18.2 Å². The van der Waals surface area contributed by atoms with Crippen molar-refractivity contribution in [1.29, 1.82) is 0 Å². The number of nitrogens with one attached hydrogen (secondary N) is 2. The molecule has 0 fully saturated rings. The van der Waals surface area contributed by atoms with Gasteiger partial charge in [0.15, 0.2) is 4.77 Å². The van der Waals surface area contributed by atoms with E-state index in [4.69, 9.17) is 12.2 Å². The minimum absolute atomic E-state index is 0.723. The first-order chi connectivity index (χ1) is 8.08. The Balaban J connectivity index is 2.33. The molecule has 17 heavy (non-hydrogen) atoms. The molecule has 0 saturated carbocycles. The first kappa shape index (κ1) is 12.1. The van der Waals surface area contributed by atoms with Crippen LogP contribution in [-0.2, 0) is 12.8 Å². The fourth-order valence-electron chi connectivity index (χ4n) is 2.28. The summed E-state index contributed by atoms with van der Waals surface area (Å²) < 4.78 is 0.723. The Bertz CT molecular complexity index is 558. The van der Waals surface area contributed by atoms with Crippen LogP contribution in [0.5, 0.6) is 0 Å². The fraction of sp³-hybridized carbons (Fsp3) is 0.357. The van der Waals surface area contributed by atoms with Crippen LogP contribution in [0.3, 0.4) is 0 Å². The van der Waals surface area contributed by atoms with Crippen molar-refractivity contribution in [2.24, 2.45) is 0 Å². The molecule has 3 heteroatoms. The average Bonchev–Trinajstić information content (AvgIpc) is 2.57. The highest BCUT2D eigenvalue weighted by Gasteiger charge is 2.05. The number of aromatic amines is 2. The molecule has 0 aliphatic carbocycles. The van der Waals surface area contributed by atoms with Gasteiger partial charge in [-0.1, -0.05) is 36.2 Å². The number of H-pyrrole nitrogens is 2. The molecule has 0 aliphatic rings. The van der Waals surface area contributed by atoms with Crippen molar-refractivity contribution >= 4 is 12.2 Å². The van der Waals surface area contributed by atoms with Crippen molar-refractivity contribution in [2.45, 2.75) is 33.6 Å². The van der Waals surface area contributed by atoms with Crippen LogP contribution in [0.4, 0.5) is 0 Å². The van der Waals surface area contributed by atoms with Crippen molar-refractivity contribution in [3.8, 4) is 0 Å². The minimum atomic E-state index is 0.723. The normalized spacial score (nSPS) is 10.8. The Hall–Kier alpha value is -1.35. The molecule has 1 heterocycles. The maximum absolute atomic E-state index is 5.14. The average molecular weight is 246 g/mol. The second-order valence-electron chi connectivity index (χ2n) is 4.56. The molecule has 2 aromatic rings. The Morgan fingerprint density at radius 2 is 1.59 bits per heavy atom. The molecule has 0 amide bonds. The molecule has 0 saturated heterocycles. The third kappa shape index (κ3) is 2.86. The second-order valence-corrected chi connectivity index (χ2v) is 4.97. The lowest BCUT2D eigenvalue weighted by Crippen LogP contribution is -1.95. The molecule has 0 unspecified atom stereocenters. The van der Waals surface area contributed by atoms with Gasteiger partial charge in [0.1, 0.15) is 0 Å². The van der Waals surface area contributed by atoms with E-state index in [0.29, 0.717) is 0 Å². The third-order valence-corrected chi connectivity index (χ3v) is 3.11. The van der Waals surface area contributed by atoms with E-state index in [2.05, 4.69) is 48.9 Å². The molecule has 2 N–H and O–H groups in total. The van der Waals surface area contributed by atoms with Gasteiger partial charge in [-0.2, -0.15) is 0 Å². The standard InChI is InChI=1S/C14H18N2S/c1-4-12-13(16-14(17)15-12)8-11-6-9(2)5-10(3)7-11/h5-7H,4,8H2,1-3H3,(H2,15,16,17). The number of aromatic nitrogens is 2. The van der Waals surface area contributed by atoms with E-state index in [1.807, 2.05) is 0 Å². The summed E-state index contributed by atoms with van der Waals surface area (Å²) in [4.78, 5) is 6.45. The van der Waals surface area contributed by atoms with E-state index in [9.17, 15) is 0 Å². The zero-order valence-corrected chi connectivity index (χ0v) is 11.4. The molecular formula is C14H18N2S. The van der Waals surface area contributed by atoms with Gasteiger partial charge in [-0.3, -0.25) is 0 Å². The maximum Gasteiger partial charge on any atom is 0.174 e. The van der Waals surface area contributed by atoms with Crippen molar-refractivity contribution in [3.63, 3.8) is 0 Å². The van der Waals surface area contributed by atoms with E-state index >= 15 is 0 Å². The van der Waals surface area contributed by atoms with Crippen molar-refractivity contribution in [3.05, 3.63) is 51.0 Å².